The van der Waals surface area contributed by atoms with Crippen LogP contribution in [0.3, 0.4) is 0 Å². The summed E-state index contributed by atoms with van der Waals surface area (Å²) in [5, 5.41) is 0. The van der Waals surface area contributed by atoms with Gasteiger partial charge in [-0.1, -0.05) is 42.5 Å². The topological polar surface area (TPSA) is 6.48 Å². The molecule has 2 aromatic rings. The Balaban J connectivity index is 1.87. The molecule has 3 rings (SSSR count). The Morgan fingerprint density at radius 3 is 2.29 bits per heavy atom. The summed E-state index contributed by atoms with van der Waals surface area (Å²) in [6.07, 6.45) is 0. The lowest BCUT2D eigenvalue weighted by molar-refractivity contribution is 0.904. The summed E-state index contributed by atoms with van der Waals surface area (Å²) < 4.78 is 0. The summed E-state index contributed by atoms with van der Waals surface area (Å²) in [6.45, 7) is 4.20. The highest BCUT2D eigenvalue weighted by Gasteiger charge is 2.24. The van der Waals surface area contributed by atoms with E-state index >= 15 is 0 Å². The first kappa shape index (κ1) is 10.2. The van der Waals surface area contributed by atoms with Gasteiger partial charge in [0.25, 0.3) is 0 Å². The van der Waals surface area contributed by atoms with Gasteiger partial charge in [-0.3, -0.25) is 0 Å². The van der Waals surface area contributed by atoms with Gasteiger partial charge in [0, 0.05) is 13.6 Å². The van der Waals surface area contributed by atoms with Gasteiger partial charge in [0.05, 0.1) is 11.4 Å². The van der Waals surface area contributed by atoms with Crippen LogP contribution in [0, 0.1) is 6.67 Å². The van der Waals surface area contributed by atoms with Gasteiger partial charge >= 0.3 is 0 Å². The van der Waals surface area contributed by atoms with Gasteiger partial charge in [0.15, 0.2) is 0 Å². The molecule has 0 fully saturated rings. The molecule has 0 unspecified atom stereocenters. The minimum atomic E-state index is 0.863. The standard InChI is InChI=1S/C15H14N2/c1-16-12-17(11-13-7-3-2-4-8-13)15-10-6-5-9-14(15)16/h2-10H,11H2,1H3. The Bertz CT molecular complexity index is 507. The number of para-hydroxylation sites is 2. The minimum absolute atomic E-state index is 0.863. The molecule has 0 atom stereocenters. The molecule has 0 spiro atoms. The van der Waals surface area contributed by atoms with Crippen molar-refractivity contribution in [3.05, 3.63) is 66.8 Å². The normalized spacial score (nSPS) is 13.9. The zero-order chi connectivity index (χ0) is 11.7. The number of hydrogen-bond acceptors (Lipinski definition) is 2. The van der Waals surface area contributed by atoms with Crippen LogP contribution in [0.1, 0.15) is 5.56 Å². The Morgan fingerprint density at radius 2 is 1.53 bits per heavy atom. The van der Waals surface area contributed by atoms with Crippen molar-refractivity contribution in [1.82, 2.24) is 0 Å². The molecule has 1 aliphatic rings. The number of anilines is 2. The van der Waals surface area contributed by atoms with Crippen LogP contribution in [0.25, 0.3) is 0 Å². The van der Waals surface area contributed by atoms with Crippen LogP contribution in [0.5, 0.6) is 0 Å². The van der Waals surface area contributed by atoms with E-state index in [1.807, 2.05) is 18.0 Å². The second-order valence-electron chi connectivity index (χ2n) is 4.22. The Labute approximate surface area is 102 Å². The molecule has 2 heteroatoms. The third kappa shape index (κ3) is 1.86. The van der Waals surface area contributed by atoms with E-state index < -0.39 is 0 Å². The molecule has 2 aromatic carbocycles. The van der Waals surface area contributed by atoms with Crippen LogP contribution in [-0.2, 0) is 6.54 Å². The molecule has 0 amide bonds. The quantitative estimate of drug-likeness (QED) is 0.770. The zero-order valence-corrected chi connectivity index (χ0v) is 9.80. The van der Waals surface area contributed by atoms with Gasteiger partial charge in [-0.25, -0.2) is 0 Å². The van der Waals surface area contributed by atoms with Crippen molar-refractivity contribution in [2.24, 2.45) is 0 Å². The van der Waals surface area contributed by atoms with Gasteiger partial charge in [-0.15, -0.1) is 0 Å². The van der Waals surface area contributed by atoms with Crippen LogP contribution >= 0.6 is 0 Å². The fourth-order valence-electron chi connectivity index (χ4n) is 2.15. The summed E-state index contributed by atoms with van der Waals surface area (Å²) in [4.78, 5) is 4.20. The summed E-state index contributed by atoms with van der Waals surface area (Å²) >= 11 is 0. The van der Waals surface area contributed by atoms with E-state index in [2.05, 4.69) is 60.1 Å². The highest BCUT2D eigenvalue weighted by molar-refractivity contribution is 5.78. The van der Waals surface area contributed by atoms with E-state index in [-0.39, 0.29) is 0 Å². The first-order chi connectivity index (χ1) is 8.34. The van der Waals surface area contributed by atoms with Crippen molar-refractivity contribution in [2.75, 3.05) is 16.8 Å². The fourth-order valence-corrected chi connectivity index (χ4v) is 2.15. The van der Waals surface area contributed by atoms with E-state index in [0.717, 1.165) is 6.54 Å². The molecule has 0 bridgehead atoms. The highest BCUT2D eigenvalue weighted by atomic mass is 15.4. The maximum Gasteiger partial charge on any atom is 0.208 e. The van der Waals surface area contributed by atoms with Crippen molar-refractivity contribution in [1.29, 1.82) is 0 Å². The van der Waals surface area contributed by atoms with Gasteiger partial charge < -0.3 is 9.80 Å². The van der Waals surface area contributed by atoms with Crippen LogP contribution in [0.15, 0.2) is 54.6 Å². The van der Waals surface area contributed by atoms with Crippen molar-refractivity contribution in [3.8, 4) is 0 Å². The predicted molar refractivity (Wildman–Crippen MR) is 70.7 cm³/mol. The molecule has 0 aliphatic carbocycles. The molecular weight excluding hydrogens is 208 g/mol. The van der Waals surface area contributed by atoms with E-state index in [1.165, 1.54) is 16.9 Å². The van der Waals surface area contributed by atoms with Gasteiger partial charge in [-0.05, 0) is 17.7 Å². The maximum absolute atomic E-state index is 3.33. The molecule has 0 N–H and O–H groups in total. The Kier molecular flexibility index (Phi) is 2.48. The first-order valence-corrected chi connectivity index (χ1v) is 5.75. The lowest BCUT2D eigenvalue weighted by Crippen LogP contribution is -2.21. The molecule has 2 nitrogen and oxygen atoms in total. The predicted octanol–water partition coefficient (Wildman–Crippen LogP) is 3.14. The van der Waals surface area contributed by atoms with Crippen molar-refractivity contribution in [3.63, 3.8) is 0 Å². The molecule has 17 heavy (non-hydrogen) atoms. The third-order valence-electron chi connectivity index (χ3n) is 2.99. The molecular formula is C15H14N2. The van der Waals surface area contributed by atoms with Crippen LogP contribution < -0.4 is 9.80 Å². The number of fused-ring (bicyclic) bond motifs is 1. The average Bonchev–Trinajstić information content (AvgIpc) is 2.69. The largest absolute Gasteiger partial charge is 0.343 e. The van der Waals surface area contributed by atoms with Crippen molar-refractivity contribution < 1.29 is 0 Å². The molecule has 84 valence electrons. The molecule has 1 aliphatic heterocycles. The van der Waals surface area contributed by atoms with E-state index in [1.54, 1.807) is 0 Å². The summed E-state index contributed by atoms with van der Waals surface area (Å²) in [5.41, 5.74) is 3.73. The highest BCUT2D eigenvalue weighted by Crippen LogP contribution is 2.37. The fraction of sp³-hybridized carbons (Fsp3) is 0.133. The van der Waals surface area contributed by atoms with Gasteiger partial charge in [0.1, 0.15) is 0 Å². The Hall–Kier alpha value is -1.96. The van der Waals surface area contributed by atoms with Crippen LogP contribution in [0.2, 0.25) is 0 Å². The van der Waals surface area contributed by atoms with Crippen LogP contribution in [0.4, 0.5) is 11.4 Å². The molecule has 1 heterocycles. The van der Waals surface area contributed by atoms with Gasteiger partial charge in [0.2, 0.25) is 6.67 Å². The molecule has 0 saturated carbocycles. The SMILES string of the molecule is CN1[C]N(Cc2ccccc2)c2ccccc21. The summed E-state index contributed by atoms with van der Waals surface area (Å²) in [7, 11) is 2.03. The minimum Gasteiger partial charge on any atom is -0.343 e. The monoisotopic (exact) mass is 222 g/mol. The zero-order valence-electron chi connectivity index (χ0n) is 9.80. The lowest BCUT2D eigenvalue weighted by Gasteiger charge is -2.17. The number of rotatable bonds is 2. The molecule has 2 radical (unpaired) electrons. The molecule has 0 aromatic heterocycles. The smallest absolute Gasteiger partial charge is 0.208 e. The van der Waals surface area contributed by atoms with E-state index in [9.17, 15) is 0 Å². The van der Waals surface area contributed by atoms with Crippen LogP contribution in [-0.4, -0.2) is 7.05 Å². The Morgan fingerprint density at radius 1 is 0.882 bits per heavy atom. The first-order valence-electron chi connectivity index (χ1n) is 5.75. The van der Waals surface area contributed by atoms with Crippen molar-refractivity contribution >= 4 is 11.4 Å². The van der Waals surface area contributed by atoms with Gasteiger partial charge in [-0.2, -0.15) is 0 Å². The summed E-state index contributed by atoms with van der Waals surface area (Å²) in [6, 6.07) is 18.8. The van der Waals surface area contributed by atoms with Crippen molar-refractivity contribution in [2.45, 2.75) is 6.54 Å². The number of benzene rings is 2. The number of hydrogen-bond donors (Lipinski definition) is 0. The second kappa shape index (κ2) is 4.13. The second-order valence-corrected chi connectivity index (χ2v) is 4.22. The molecule has 0 saturated heterocycles. The summed E-state index contributed by atoms with van der Waals surface area (Å²) in [5.74, 6) is 0. The number of nitrogens with zero attached hydrogens (tertiary/aromatic N) is 2. The van der Waals surface area contributed by atoms with E-state index in [0.29, 0.717) is 0 Å². The third-order valence-corrected chi connectivity index (χ3v) is 2.99. The lowest BCUT2D eigenvalue weighted by atomic mass is 10.2. The average molecular weight is 222 g/mol. The maximum atomic E-state index is 3.33. The van der Waals surface area contributed by atoms with E-state index in [4.69, 9.17) is 0 Å².